The fraction of sp³-hybridized carbons (Fsp3) is 0.263. The highest BCUT2D eigenvalue weighted by atomic mass is 35.5. The van der Waals surface area contributed by atoms with Crippen LogP contribution in [0.25, 0.3) is 0 Å². The third-order valence-corrected chi connectivity index (χ3v) is 4.53. The van der Waals surface area contributed by atoms with Crippen LogP contribution in [-0.4, -0.2) is 54.2 Å². The van der Waals surface area contributed by atoms with Crippen molar-refractivity contribution in [3.05, 3.63) is 64.7 Å². The van der Waals surface area contributed by atoms with Gasteiger partial charge >= 0.3 is 6.36 Å². The van der Waals surface area contributed by atoms with E-state index in [0.717, 1.165) is 12.1 Å². The molecule has 0 unspecified atom stereocenters. The van der Waals surface area contributed by atoms with Crippen molar-refractivity contribution < 1.29 is 27.5 Å². The number of halogens is 4. The lowest BCUT2D eigenvalue weighted by atomic mass is 10.1. The van der Waals surface area contributed by atoms with Gasteiger partial charge in [0.2, 0.25) is 0 Å². The molecule has 0 atom stereocenters. The van der Waals surface area contributed by atoms with Gasteiger partial charge in [-0.3, -0.25) is 9.59 Å². The number of benzene rings is 2. The Hall–Kier alpha value is -2.74. The molecule has 1 aliphatic rings. The van der Waals surface area contributed by atoms with Crippen molar-refractivity contribution in [2.75, 3.05) is 26.2 Å². The molecule has 0 aromatic heterocycles. The predicted molar refractivity (Wildman–Crippen MR) is 96.4 cm³/mol. The summed E-state index contributed by atoms with van der Waals surface area (Å²) in [5.41, 5.74) is 0.774. The summed E-state index contributed by atoms with van der Waals surface area (Å²) in [6, 6.07) is 11.3. The SMILES string of the molecule is O=C(c1ccc(Cl)cc1)N1CCN(C(=O)c2ccc(OC(F)(F)F)cc2)CC1. The Morgan fingerprint density at radius 1 is 0.786 bits per heavy atom. The molecule has 0 radical (unpaired) electrons. The highest BCUT2D eigenvalue weighted by Gasteiger charge is 2.31. The van der Waals surface area contributed by atoms with Gasteiger partial charge in [-0.15, -0.1) is 13.2 Å². The first-order chi connectivity index (χ1) is 13.2. The first-order valence-corrected chi connectivity index (χ1v) is 8.81. The Balaban J connectivity index is 1.57. The summed E-state index contributed by atoms with van der Waals surface area (Å²) in [7, 11) is 0. The predicted octanol–water partition coefficient (Wildman–Crippen LogP) is 3.84. The Labute approximate surface area is 164 Å². The van der Waals surface area contributed by atoms with Crippen LogP contribution in [0.3, 0.4) is 0 Å². The number of carbonyl (C=O) groups is 2. The Morgan fingerprint density at radius 3 is 1.57 bits per heavy atom. The van der Waals surface area contributed by atoms with Gasteiger partial charge in [-0.1, -0.05) is 11.6 Å². The molecule has 28 heavy (non-hydrogen) atoms. The summed E-state index contributed by atoms with van der Waals surface area (Å²) in [4.78, 5) is 28.2. The van der Waals surface area contributed by atoms with Crippen LogP contribution in [0.5, 0.6) is 5.75 Å². The normalized spacial score (nSPS) is 14.7. The Kier molecular flexibility index (Phi) is 5.79. The van der Waals surface area contributed by atoms with Crippen molar-refractivity contribution in [3.8, 4) is 5.75 Å². The third kappa shape index (κ3) is 4.95. The monoisotopic (exact) mass is 412 g/mol. The fourth-order valence-corrected chi connectivity index (χ4v) is 3.00. The second-order valence-corrected chi connectivity index (χ2v) is 6.60. The van der Waals surface area contributed by atoms with Crippen LogP contribution >= 0.6 is 11.6 Å². The number of hydrogen-bond acceptors (Lipinski definition) is 3. The highest BCUT2D eigenvalue weighted by Crippen LogP contribution is 2.23. The molecular formula is C19H16ClF3N2O3. The molecule has 0 saturated carbocycles. The van der Waals surface area contributed by atoms with E-state index < -0.39 is 6.36 Å². The zero-order valence-corrected chi connectivity index (χ0v) is 15.3. The Morgan fingerprint density at radius 2 is 1.18 bits per heavy atom. The molecule has 0 aliphatic carbocycles. The number of hydrogen-bond donors (Lipinski definition) is 0. The lowest BCUT2D eigenvalue weighted by Gasteiger charge is -2.35. The number of alkyl halides is 3. The fourth-order valence-electron chi connectivity index (χ4n) is 2.87. The molecule has 0 spiro atoms. The summed E-state index contributed by atoms with van der Waals surface area (Å²) < 4.78 is 40.4. The van der Waals surface area contributed by atoms with E-state index in [2.05, 4.69) is 4.74 Å². The van der Waals surface area contributed by atoms with E-state index in [1.807, 2.05) is 0 Å². The quantitative estimate of drug-likeness (QED) is 0.769. The summed E-state index contributed by atoms with van der Waals surface area (Å²) in [5.74, 6) is -0.836. The molecule has 5 nitrogen and oxygen atoms in total. The van der Waals surface area contributed by atoms with Gasteiger partial charge in [-0.2, -0.15) is 0 Å². The van der Waals surface area contributed by atoms with E-state index >= 15 is 0 Å². The van der Waals surface area contributed by atoms with Crippen LogP contribution in [0.15, 0.2) is 48.5 Å². The van der Waals surface area contributed by atoms with E-state index in [1.54, 1.807) is 34.1 Å². The van der Waals surface area contributed by atoms with E-state index in [9.17, 15) is 22.8 Å². The molecule has 1 fully saturated rings. The highest BCUT2D eigenvalue weighted by molar-refractivity contribution is 6.30. The maximum Gasteiger partial charge on any atom is 0.573 e. The lowest BCUT2D eigenvalue weighted by Crippen LogP contribution is -2.50. The summed E-state index contributed by atoms with van der Waals surface area (Å²) in [6.45, 7) is 1.39. The Bertz CT molecular complexity index is 846. The summed E-state index contributed by atoms with van der Waals surface area (Å²) in [6.07, 6.45) is -4.78. The second kappa shape index (κ2) is 8.10. The van der Waals surface area contributed by atoms with Crippen molar-refractivity contribution >= 4 is 23.4 Å². The van der Waals surface area contributed by atoms with E-state index in [-0.39, 0.29) is 23.1 Å². The van der Waals surface area contributed by atoms with Gasteiger partial charge in [0, 0.05) is 42.3 Å². The number of piperazine rings is 1. The molecule has 0 N–H and O–H groups in total. The standard InChI is InChI=1S/C19H16ClF3N2O3/c20-15-5-1-13(2-6-15)17(26)24-9-11-25(12-10-24)18(27)14-3-7-16(8-4-14)28-19(21,22)23/h1-8H,9-12H2. The van der Waals surface area contributed by atoms with Crippen molar-refractivity contribution in [2.45, 2.75) is 6.36 Å². The zero-order chi connectivity index (χ0) is 20.3. The largest absolute Gasteiger partial charge is 0.573 e. The van der Waals surface area contributed by atoms with Crippen LogP contribution in [-0.2, 0) is 0 Å². The van der Waals surface area contributed by atoms with Crippen LogP contribution < -0.4 is 4.74 Å². The third-order valence-electron chi connectivity index (χ3n) is 4.28. The zero-order valence-electron chi connectivity index (χ0n) is 14.6. The number of ether oxygens (including phenoxy) is 1. The van der Waals surface area contributed by atoms with Gasteiger partial charge < -0.3 is 14.5 Å². The van der Waals surface area contributed by atoms with Crippen molar-refractivity contribution in [3.63, 3.8) is 0 Å². The maximum atomic E-state index is 12.5. The van der Waals surface area contributed by atoms with Crippen LogP contribution in [0, 0.1) is 0 Å². The maximum absolute atomic E-state index is 12.5. The molecule has 3 rings (SSSR count). The number of nitrogens with zero attached hydrogens (tertiary/aromatic N) is 2. The van der Waals surface area contributed by atoms with Crippen LogP contribution in [0.4, 0.5) is 13.2 Å². The molecule has 1 aliphatic heterocycles. The number of carbonyl (C=O) groups excluding carboxylic acids is 2. The van der Waals surface area contributed by atoms with Crippen LogP contribution in [0.2, 0.25) is 5.02 Å². The minimum absolute atomic E-state index is 0.141. The van der Waals surface area contributed by atoms with Gasteiger partial charge in [0.1, 0.15) is 5.75 Å². The van der Waals surface area contributed by atoms with E-state index in [4.69, 9.17) is 11.6 Å². The molecule has 148 valence electrons. The van der Waals surface area contributed by atoms with E-state index in [0.29, 0.717) is 36.8 Å². The van der Waals surface area contributed by atoms with Gasteiger partial charge in [0.05, 0.1) is 0 Å². The average molecular weight is 413 g/mol. The van der Waals surface area contributed by atoms with Crippen molar-refractivity contribution in [2.24, 2.45) is 0 Å². The number of rotatable bonds is 3. The number of amides is 2. The van der Waals surface area contributed by atoms with Gasteiger partial charge in [-0.05, 0) is 48.5 Å². The molecule has 1 heterocycles. The smallest absolute Gasteiger partial charge is 0.406 e. The van der Waals surface area contributed by atoms with Crippen LogP contribution in [0.1, 0.15) is 20.7 Å². The molecule has 2 aromatic rings. The lowest BCUT2D eigenvalue weighted by molar-refractivity contribution is -0.274. The average Bonchev–Trinajstić information content (AvgIpc) is 2.67. The molecule has 1 saturated heterocycles. The minimum Gasteiger partial charge on any atom is -0.406 e. The summed E-state index contributed by atoms with van der Waals surface area (Å²) >= 11 is 5.82. The summed E-state index contributed by atoms with van der Waals surface area (Å²) in [5, 5.41) is 0.540. The van der Waals surface area contributed by atoms with Crippen molar-refractivity contribution in [1.82, 2.24) is 9.80 Å². The van der Waals surface area contributed by atoms with E-state index in [1.165, 1.54) is 12.1 Å². The second-order valence-electron chi connectivity index (χ2n) is 6.16. The van der Waals surface area contributed by atoms with Gasteiger partial charge in [-0.25, -0.2) is 0 Å². The minimum atomic E-state index is -4.78. The van der Waals surface area contributed by atoms with Crippen molar-refractivity contribution in [1.29, 1.82) is 0 Å². The molecule has 2 aromatic carbocycles. The molecule has 9 heteroatoms. The van der Waals surface area contributed by atoms with Gasteiger partial charge in [0.25, 0.3) is 11.8 Å². The molecular weight excluding hydrogens is 397 g/mol. The molecule has 2 amide bonds. The van der Waals surface area contributed by atoms with Gasteiger partial charge in [0.15, 0.2) is 0 Å². The topological polar surface area (TPSA) is 49.9 Å². The molecule has 0 bridgehead atoms. The first kappa shape index (κ1) is 20.0. The first-order valence-electron chi connectivity index (χ1n) is 8.43.